The van der Waals surface area contributed by atoms with Gasteiger partial charge in [-0.3, -0.25) is 9.69 Å². The monoisotopic (exact) mass is 381 g/mol. The largest absolute Gasteiger partial charge is 0.484 e. The van der Waals surface area contributed by atoms with Gasteiger partial charge in [-0.25, -0.2) is 0 Å². The highest BCUT2D eigenvalue weighted by Crippen LogP contribution is 2.29. The van der Waals surface area contributed by atoms with Crippen molar-refractivity contribution in [3.8, 4) is 16.3 Å². The average Bonchev–Trinajstić information content (AvgIpc) is 3.17. The molecule has 0 aliphatic rings. The van der Waals surface area contributed by atoms with Gasteiger partial charge in [-0.1, -0.05) is 66.6 Å². The summed E-state index contributed by atoms with van der Waals surface area (Å²) in [5.41, 5.74) is 2.18. The molecule has 0 spiro atoms. The van der Waals surface area contributed by atoms with Crippen LogP contribution in [0.1, 0.15) is 25.3 Å². The number of benzene rings is 2. The smallest absolute Gasteiger partial charge is 0.266 e. The topological polar surface area (TPSA) is 55.3 Å². The van der Waals surface area contributed by atoms with Gasteiger partial charge < -0.3 is 4.74 Å². The number of rotatable bonds is 8. The fourth-order valence-corrected chi connectivity index (χ4v) is 3.49. The Kier molecular flexibility index (Phi) is 6.54. The lowest BCUT2D eigenvalue weighted by atomic mass is 10.1. The Bertz CT molecular complexity index is 880. The highest BCUT2D eigenvalue weighted by molar-refractivity contribution is 7.18. The summed E-state index contributed by atoms with van der Waals surface area (Å²) in [6, 6.07) is 17.5. The van der Waals surface area contributed by atoms with Crippen molar-refractivity contribution in [2.45, 2.75) is 26.7 Å². The molecule has 0 unspecified atom stereocenters. The Morgan fingerprint density at radius 3 is 2.67 bits per heavy atom. The van der Waals surface area contributed by atoms with Crippen LogP contribution in [0.4, 0.5) is 5.13 Å². The summed E-state index contributed by atoms with van der Waals surface area (Å²) < 4.78 is 5.62. The van der Waals surface area contributed by atoms with E-state index in [9.17, 15) is 4.79 Å². The molecule has 27 heavy (non-hydrogen) atoms. The summed E-state index contributed by atoms with van der Waals surface area (Å²) in [4.78, 5) is 14.4. The van der Waals surface area contributed by atoms with Crippen molar-refractivity contribution in [1.29, 1.82) is 0 Å². The van der Waals surface area contributed by atoms with Crippen molar-refractivity contribution >= 4 is 22.4 Å². The van der Waals surface area contributed by atoms with Crippen molar-refractivity contribution in [2.75, 3.05) is 18.1 Å². The van der Waals surface area contributed by atoms with Crippen LogP contribution >= 0.6 is 11.3 Å². The van der Waals surface area contributed by atoms with Gasteiger partial charge in [-0.15, -0.1) is 10.2 Å². The van der Waals surface area contributed by atoms with Crippen LogP contribution in [0, 0.1) is 6.92 Å². The molecule has 6 heteroatoms. The van der Waals surface area contributed by atoms with E-state index in [1.165, 1.54) is 16.9 Å². The second-order valence-electron chi connectivity index (χ2n) is 6.26. The Balaban J connectivity index is 1.75. The summed E-state index contributed by atoms with van der Waals surface area (Å²) in [6.45, 7) is 4.73. The zero-order valence-corrected chi connectivity index (χ0v) is 16.4. The Hall–Kier alpha value is -2.73. The van der Waals surface area contributed by atoms with E-state index in [1.807, 2.05) is 55.5 Å². The normalized spacial score (nSPS) is 10.6. The lowest BCUT2D eigenvalue weighted by Crippen LogP contribution is -2.35. The van der Waals surface area contributed by atoms with Crippen molar-refractivity contribution in [3.05, 3.63) is 60.2 Å². The number of aryl methyl sites for hydroxylation is 1. The number of carbonyl (C=O) groups is 1. The number of hydrogen-bond donors (Lipinski definition) is 0. The lowest BCUT2D eigenvalue weighted by molar-refractivity contribution is -0.120. The fraction of sp³-hybridized carbons (Fsp3) is 0.286. The number of carbonyl (C=O) groups excluding carboxylic acids is 1. The summed E-state index contributed by atoms with van der Waals surface area (Å²) >= 11 is 1.43. The Morgan fingerprint density at radius 1 is 1.11 bits per heavy atom. The number of hydrogen-bond acceptors (Lipinski definition) is 5. The third-order valence-corrected chi connectivity index (χ3v) is 5.05. The highest BCUT2D eigenvalue weighted by atomic mass is 32.1. The van der Waals surface area contributed by atoms with Crippen LogP contribution in [0.3, 0.4) is 0 Å². The minimum absolute atomic E-state index is 0.0207. The number of ether oxygens (including phenoxy) is 1. The van der Waals surface area contributed by atoms with Gasteiger partial charge in [-0.2, -0.15) is 0 Å². The van der Waals surface area contributed by atoms with E-state index in [1.54, 1.807) is 4.90 Å². The van der Waals surface area contributed by atoms with Crippen molar-refractivity contribution < 1.29 is 9.53 Å². The number of amides is 1. The standard InChI is InChI=1S/C21H23N3O2S/c1-3-4-13-24(19(25)15-26-18-11-6-5-7-12-18)21-23-22-20(27-21)17-10-8-9-16(2)14-17/h5-12,14H,3-4,13,15H2,1-2H3. The number of nitrogens with zero attached hydrogens (tertiary/aromatic N) is 3. The first-order chi connectivity index (χ1) is 13.2. The molecule has 0 fully saturated rings. The molecule has 0 aliphatic heterocycles. The van der Waals surface area contributed by atoms with Gasteiger partial charge in [0, 0.05) is 12.1 Å². The van der Waals surface area contributed by atoms with Gasteiger partial charge >= 0.3 is 0 Å². The summed E-state index contributed by atoms with van der Waals surface area (Å²) in [6.07, 6.45) is 1.89. The molecule has 0 bridgehead atoms. The number of aromatic nitrogens is 2. The van der Waals surface area contributed by atoms with Crippen LogP contribution in [0.25, 0.3) is 10.6 Å². The predicted molar refractivity (Wildman–Crippen MR) is 109 cm³/mol. The van der Waals surface area contributed by atoms with Crippen LogP contribution in [0.15, 0.2) is 54.6 Å². The molecular formula is C21H23N3O2S. The molecule has 0 N–H and O–H groups in total. The Morgan fingerprint density at radius 2 is 1.93 bits per heavy atom. The molecule has 5 nitrogen and oxygen atoms in total. The molecule has 0 saturated heterocycles. The quantitative estimate of drug-likeness (QED) is 0.566. The SMILES string of the molecule is CCCCN(C(=O)COc1ccccc1)c1nnc(-c2cccc(C)c2)s1. The second kappa shape index (κ2) is 9.28. The minimum Gasteiger partial charge on any atom is -0.484 e. The van der Waals surface area contributed by atoms with Crippen LogP contribution in [-0.2, 0) is 4.79 Å². The third kappa shape index (κ3) is 5.14. The summed E-state index contributed by atoms with van der Waals surface area (Å²) in [7, 11) is 0. The minimum atomic E-state index is -0.112. The first-order valence-corrected chi connectivity index (χ1v) is 9.88. The van der Waals surface area contributed by atoms with E-state index in [-0.39, 0.29) is 12.5 Å². The van der Waals surface area contributed by atoms with Crippen LogP contribution in [0.5, 0.6) is 5.75 Å². The fourth-order valence-electron chi connectivity index (χ4n) is 2.60. The van der Waals surface area contributed by atoms with Gasteiger partial charge in [0.1, 0.15) is 10.8 Å². The summed E-state index contributed by atoms with van der Waals surface area (Å²) in [5.74, 6) is 0.568. The number of anilines is 1. The molecule has 3 aromatic rings. The van der Waals surface area contributed by atoms with Crippen molar-refractivity contribution in [3.63, 3.8) is 0 Å². The van der Waals surface area contributed by atoms with E-state index < -0.39 is 0 Å². The summed E-state index contributed by atoms with van der Waals surface area (Å²) in [5, 5.41) is 9.99. The van der Waals surface area contributed by atoms with Crippen LogP contribution in [0.2, 0.25) is 0 Å². The molecule has 0 saturated carbocycles. The van der Waals surface area contributed by atoms with Gasteiger partial charge in [0.05, 0.1) is 0 Å². The first kappa shape index (κ1) is 19.0. The number of unbranched alkanes of at least 4 members (excludes halogenated alkanes) is 1. The van der Waals surface area contributed by atoms with E-state index in [2.05, 4.69) is 23.2 Å². The van der Waals surface area contributed by atoms with E-state index in [0.29, 0.717) is 17.4 Å². The van der Waals surface area contributed by atoms with E-state index in [0.717, 1.165) is 23.4 Å². The zero-order chi connectivity index (χ0) is 19.1. The van der Waals surface area contributed by atoms with Crippen molar-refractivity contribution in [2.24, 2.45) is 0 Å². The molecule has 140 valence electrons. The average molecular weight is 382 g/mol. The molecule has 0 aliphatic carbocycles. The predicted octanol–water partition coefficient (Wildman–Crippen LogP) is 4.73. The maximum atomic E-state index is 12.8. The molecular weight excluding hydrogens is 358 g/mol. The van der Waals surface area contributed by atoms with Gasteiger partial charge in [-0.05, 0) is 31.5 Å². The Labute approximate surface area is 163 Å². The maximum Gasteiger partial charge on any atom is 0.266 e. The van der Waals surface area contributed by atoms with Gasteiger partial charge in [0.25, 0.3) is 5.91 Å². The molecule has 1 aromatic heterocycles. The molecule has 0 radical (unpaired) electrons. The van der Waals surface area contributed by atoms with Crippen LogP contribution in [-0.4, -0.2) is 29.3 Å². The molecule has 1 heterocycles. The molecule has 0 atom stereocenters. The third-order valence-electron chi connectivity index (χ3n) is 4.05. The molecule has 3 rings (SSSR count). The molecule has 1 amide bonds. The zero-order valence-electron chi connectivity index (χ0n) is 15.6. The van der Waals surface area contributed by atoms with Crippen molar-refractivity contribution in [1.82, 2.24) is 10.2 Å². The number of para-hydroxylation sites is 1. The van der Waals surface area contributed by atoms with E-state index in [4.69, 9.17) is 4.74 Å². The maximum absolute atomic E-state index is 12.8. The second-order valence-corrected chi connectivity index (χ2v) is 7.22. The van der Waals surface area contributed by atoms with E-state index >= 15 is 0 Å². The molecule has 2 aromatic carbocycles. The van der Waals surface area contributed by atoms with Gasteiger partial charge in [0.2, 0.25) is 5.13 Å². The lowest BCUT2D eigenvalue weighted by Gasteiger charge is -2.19. The first-order valence-electron chi connectivity index (χ1n) is 9.06. The highest BCUT2D eigenvalue weighted by Gasteiger charge is 2.20. The van der Waals surface area contributed by atoms with Crippen LogP contribution < -0.4 is 9.64 Å². The van der Waals surface area contributed by atoms with Gasteiger partial charge in [0.15, 0.2) is 6.61 Å².